The molecule has 0 fully saturated rings. The van der Waals surface area contributed by atoms with Crippen LogP contribution in [-0.2, 0) is 26.2 Å². The Morgan fingerprint density at radius 3 is 2.15 bits per heavy atom. The summed E-state index contributed by atoms with van der Waals surface area (Å²) in [4.78, 5) is 28.8. The van der Waals surface area contributed by atoms with Gasteiger partial charge in [0.15, 0.2) is 0 Å². The standard InChI is InChI=1S/C29H31Cl4N3O4S/c1-4-19(3)34-29(38)25(5-2)35(17-20-14-15-22(30)24(32)16-20)27(37)18-36(26-13-9-12-23(31)28(26)33)41(39,40)21-10-7-6-8-11-21/h6-16,19,25H,4-5,17-18H2,1-3H3,(H,34,38)/t19-,25-/m1/s1. The molecule has 0 aromatic heterocycles. The Kier molecular flexibility index (Phi) is 11.8. The van der Waals surface area contributed by atoms with Crippen molar-refractivity contribution in [3.8, 4) is 0 Å². The van der Waals surface area contributed by atoms with Gasteiger partial charge in [-0.3, -0.25) is 13.9 Å². The Balaban J connectivity index is 2.11. The first-order valence-electron chi connectivity index (χ1n) is 13.0. The van der Waals surface area contributed by atoms with Gasteiger partial charge in [0, 0.05) is 12.6 Å². The van der Waals surface area contributed by atoms with Crippen LogP contribution in [0.15, 0.2) is 71.6 Å². The Bertz CT molecular complexity index is 1490. The van der Waals surface area contributed by atoms with Crippen molar-refractivity contribution in [2.45, 2.75) is 57.1 Å². The molecule has 3 aromatic carbocycles. The minimum atomic E-state index is -4.28. The van der Waals surface area contributed by atoms with Gasteiger partial charge in [-0.1, -0.05) is 90.6 Å². The van der Waals surface area contributed by atoms with E-state index in [4.69, 9.17) is 46.4 Å². The summed E-state index contributed by atoms with van der Waals surface area (Å²) in [6.07, 6.45) is 0.970. The van der Waals surface area contributed by atoms with Crippen molar-refractivity contribution in [3.63, 3.8) is 0 Å². The van der Waals surface area contributed by atoms with Crippen molar-refractivity contribution < 1.29 is 18.0 Å². The minimum absolute atomic E-state index is 0.0232. The van der Waals surface area contributed by atoms with E-state index in [2.05, 4.69) is 5.32 Å². The first-order chi connectivity index (χ1) is 19.4. The van der Waals surface area contributed by atoms with E-state index in [1.54, 1.807) is 49.4 Å². The molecule has 0 aliphatic carbocycles. The molecule has 0 saturated carbocycles. The number of hydrogen-bond acceptors (Lipinski definition) is 4. The number of carbonyl (C=O) groups excluding carboxylic acids is 2. The molecule has 2 atom stereocenters. The normalized spacial score (nSPS) is 12.9. The van der Waals surface area contributed by atoms with Gasteiger partial charge in [0.2, 0.25) is 11.8 Å². The van der Waals surface area contributed by atoms with Gasteiger partial charge in [-0.2, -0.15) is 0 Å². The van der Waals surface area contributed by atoms with Crippen LogP contribution in [0, 0.1) is 0 Å². The fourth-order valence-corrected chi connectivity index (χ4v) is 6.33. The molecule has 3 rings (SSSR count). The summed E-state index contributed by atoms with van der Waals surface area (Å²) in [5.41, 5.74) is 0.642. The predicted molar refractivity (Wildman–Crippen MR) is 166 cm³/mol. The monoisotopic (exact) mass is 657 g/mol. The topological polar surface area (TPSA) is 86.8 Å². The third-order valence-corrected chi connectivity index (χ3v) is 9.86. The molecule has 7 nitrogen and oxygen atoms in total. The maximum atomic E-state index is 14.1. The number of amides is 2. The zero-order valence-electron chi connectivity index (χ0n) is 22.8. The summed E-state index contributed by atoms with van der Waals surface area (Å²) in [5.74, 6) is -0.980. The number of nitrogens with zero attached hydrogens (tertiary/aromatic N) is 2. The highest BCUT2D eigenvalue weighted by Gasteiger charge is 2.35. The van der Waals surface area contributed by atoms with E-state index in [1.165, 1.54) is 29.2 Å². The van der Waals surface area contributed by atoms with Gasteiger partial charge in [0.1, 0.15) is 12.6 Å². The quantitative estimate of drug-likeness (QED) is 0.223. The maximum absolute atomic E-state index is 14.1. The molecule has 0 bridgehead atoms. The summed E-state index contributed by atoms with van der Waals surface area (Å²) >= 11 is 25.0. The van der Waals surface area contributed by atoms with Crippen molar-refractivity contribution in [2.75, 3.05) is 10.8 Å². The van der Waals surface area contributed by atoms with Crippen molar-refractivity contribution in [2.24, 2.45) is 0 Å². The molecular weight excluding hydrogens is 628 g/mol. The number of sulfonamides is 1. The first-order valence-corrected chi connectivity index (χ1v) is 15.9. The van der Waals surface area contributed by atoms with E-state index in [0.717, 1.165) is 4.31 Å². The minimum Gasteiger partial charge on any atom is -0.352 e. The molecule has 0 saturated heterocycles. The van der Waals surface area contributed by atoms with Gasteiger partial charge >= 0.3 is 0 Å². The van der Waals surface area contributed by atoms with Crippen LogP contribution in [-0.4, -0.2) is 43.8 Å². The van der Waals surface area contributed by atoms with Crippen LogP contribution in [0.1, 0.15) is 39.2 Å². The lowest BCUT2D eigenvalue weighted by Gasteiger charge is -2.34. The van der Waals surface area contributed by atoms with Crippen LogP contribution in [0.3, 0.4) is 0 Å². The number of halogens is 4. The molecule has 0 unspecified atom stereocenters. The molecule has 12 heteroatoms. The average Bonchev–Trinajstić information content (AvgIpc) is 2.95. The summed E-state index contributed by atoms with van der Waals surface area (Å²) in [6, 6.07) is 16.1. The van der Waals surface area contributed by atoms with Gasteiger partial charge < -0.3 is 10.2 Å². The third kappa shape index (κ3) is 8.08. The van der Waals surface area contributed by atoms with Crippen molar-refractivity contribution >= 4 is 73.9 Å². The van der Waals surface area contributed by atoms with E-state index in [1.807, 2.05) is 13.8 Å². The zero-order chi connectivity index (χ0) is 30.3. The molecule has 41 heavy (non-hydrogen) atoms. The number of carbonyl (C=O) groups is 2. The lowest BCUT2D eigenvalue weighted by molar-refractivity contribution is -0.140. The van der Waals surface area contributed by atoms with Crippen LogP contribution >= 0.6 is 46.4 Å². The molecule has 0 radical (unpaired) electrons. The number of rotatable bonds is 12. The fourth-order valence-electron chi connectivity index (χ4n) is 4.11. The second-order valence-corrected chi connectivity index (χ2v) is 12.9. The van der Waals surface area contributed by atoms with Crippen LogP contribution in [0.25, 0.3) is 0 Å². The van der Waals surface area contributed by atoms with Crippen LogP contribution < -0.4 is 9.62 Å². The van der Waals surface area contributed by atoms with Gasteiger partial charge in [-0.15, -0.1) is 0 Å². The molecule has 3 aromatic rings. The Morgan fingerprint density at radius 1 is 0.854 bits per heavy atom. The molecule has 0 aliphatic heterocycles. The van der Waals surface area contributed by atoms with Crippen LogP contribution in [0.2, 0.25) is 20.1 Å². The summed E-state index contributed by atoms with van der Waals surface area (Å²) in [6.45, 7) is 4.91. The molecule has 0 spiro atoms. The zero-order valence-corrected chi connectivity index (χ0v) is 26.6. The Morgan fingerprint density at radius 2 is 1.54 bits per heavy atom. The summed E-state index contributed by atoms with van der Waals surface area (Å²) in [7, 11) is -4.28. The lowest BCUT2D eigenvalue weighted by atomic mass is 10.1. The third-order valence-electron chi connectivity index (χ3n) is 6.53. The van der Waals surface area contributed by atoms with Gasteiger partial charge in [0.25, 0.3) is 10.0 Å². The number of anilines is 1. The summed E-state index contributed by atoms with van der Waals surface area (Å²) < 4.78 is 28.7. The smallest absolute Gasteiger partial charge is 0.264 e. The van der Waals surface area contributed by atoms with Crippen LogP contribution in [0.5, 0.6) is 0 Å². The van der Waals surface area contributed by atoms with E-state index < -0.39 is 28.5 Å². The number of hydrogen-bond donors (Lipinski definition) is 1. The first kappa shape index (κ1) is 33.0. The fraction of sp³-hybridized carbons (Fsp3) is 0.310. The van der Waals surface area contributed by atoms with Crippen molar-refractivity contribution in [3.05, 3.63) is 92.4 Å². The number of nitrogens with one attached hydrogen (secondary N) is 1. The molecule has 0 heterocycles. The SMILES string of the molecule is CC[C@@H](C)NC(=O)[C@@H](CC)N(Cc1ccc(Cl)c(Cl)c1)C(=O)CN(c1cccc(Cl)c1Cl)S(=O)(=O)c1ccccc1. The molecule has 0 aliphatic rings. The second-order valence-electron chi connectivity index (χ2n) is 9.41. The Labute approximate surface area is 261 Å². The molecular formula is C29H31Cl4N3O4S. The number of benzene rings is 3. The van der Waals surface area contributed by atoms with Gasteiger partial charge in [-0.25, -0.2) is 8.42 Å². The Hall–Kier alpha value is -2.49. The highest BCUT2D eigenvalue weighted by Crippen LogP contribution is 2.35. The van der Waals surface area contributed by atoms with Gasteiger partial charge in [0.05, 0.1) is 30.7 Å². The highest BCUT2D eigenvalue weighted by molar-refractivity contribution is 7.92. The maximum Gasteiger partial charge on any atom is 0.264 e. The van der Waals surface area contributed by atoms with Gasteiger partial charge in [-0.05, 0) is 61.7 Å². The van der Waals surface area contributed by atoms with E-state index in [9.17, 15) is 18.0 Å². The van der Waals surface area contributed by atoms with Crippen molar-refractivity contribution in [1.82, 2.24) is 10.2 Å². The molecule has 2 amide bonds. The second kappa shape index (κ2) is 14.6. The average molecular weight is 659 g/mol. The van der Waals surface area contributed by atoms with Crippen LogP contribution in [0.4, 0.5) is 5.69 Å². The largest absolute Gasteiger partial charge is 0.352 e. The summed E-state index contributed by atoms with van der Waals surface area (Å²) in [5, 5.41) is 3.65. The predicted octanol–water partition coefficient (Wildman–Crippen LogP) is 7.22. The lowest BCUT2D eigenvalue weighted by Crippen LogP contribution is -2.53. The van der Waals surface area contributed by atoms with Crippen molar-refractivity contribution in [1.29, 1.82) is 0 Å². The van der Waals surface area contributed by atoms with E-state index >= 15 is 0 Å². The van der Waals surface area contributed by atoms with E-state index in [0.29, 0.717) is 17.0 Å². The molecule has 220 valence electrons. The van der Waals surface area contributed by atoms with E-state index in [-0.39, 0.29) is 50.6 Å². The highest BCUT2D eigenvalue weighted by atomic mass is 35.5. The molecule has 1 N–H and O–H groups in total.